The standard InChI is InChI=1S/C36H50N6O3/c1-36(2,3)33-23-32(40(4)39-33)34(43)38-30-22-27(13-18-31(30)41-19-8-6-7-9-20-41)26-12-10-11-25(21-26)24-42(35(44)45-5)29-16-14-28(37)15-17-29/h10-13,18,21-23,28-29H,6-9,14-17,19-20,24,37H2,1-5H3,(H,38,43). The Hall–Kier alpha value is -3.85. The zero-order chi connectivity index (χ0) is 32.1. The minimum atomic E-state index is -0.308. The first-order valence-corrected chi connectivity index (χ1v) is 16.5. The molecule has 242 valence electrons. The van der Waals surface area contributed by atoms with Crippen molar-refractivity contribution in [3.05, 3.63) is 65.5 Å². The normalized spacial score (nSPS) is 19.1. The molecule has 2 fully saturated rings. The molecule has 1 saturated heterocycles. The minimum Gasteiger partial charge on any atom is -0.453 e. The molecule has 2 amide bonds. The van der Waals surface area contributed by atoms with Gasteiger partial charge in [-0.2, -0.15) is 5.10 Å². The molecule has 1 aliphatic heterocycles. The highest BCUT2D eigenvalue weighted by Crippen LogP contribution is 2.34. The molecule has 0 spiro atoms. The SMILES string of the molecule is COC(=O)N(Cc1cccc(-c2ccc(N3CCCCCC3)c(NC(=O)c3cc(C(C)(C)C)nn3C)c2)c1)C1CCC(N)CC1. The molecule has 9 nitrogen and oxygen atoms in total. The van der Waals surface area contributed by atoms with Crippen molar-refractivity contribution in [1.29, 1.82) is 0 Å². The maximum Gasteiger partial charge on any atom is 0.410 e. The number of aryl methyl sites for hydroxylation is 1. The Bertz CT molecular complexity index is 1480. The van der Waals surface area contributed by atoms with Crippen LogP contribution >= 0.6 is 0 Å². The van der Waals surface area contributed by atoms with E-state index in [1.54, 1.807) is 4.68 Å². The van der Waals surface area contributed by atoms with Gasteiger partial charge >= 0.3 is 6.09 Å². The smallest absolute Gasteiger partial charge is 0.410 e. The fourth-order valence-electron chi connectivity index (χ4n) is 6.55. The van der Waals surface area contributed by atoms with Gasteiger partial charge in [-0.1, -0.05) is 57.9 Å². The van der Waals surface area contributed by atoms with Gasteiger partial charge in [0, 0.05) is 44.2 Å². The molecule has 3 aromatic rings. The highest BCUT2D eigenvalue weighted by atomic mass is 16.5. The van der Waals surface area contributed by atoms with Crippen LogP contribution in [-0.4, -0.2) is 59.0 Å². The Morgan fingerprint density at radius 3 is 2.31 bits per heavy atom. The fourth-order valence-corrected chi connectivity index (χ4v) is 6.55. The monoisotopic (exact) mass is 614 g/mol. The predicted molar refractivity (Wildman–Crippen MR) is 181 cm³/mol. The van der Waals surface area contributed by atoms with Gasteiger partial charge in [0.05, 0.1) is 24.2 Å². The maximum atomic E-state index is 13.7. The average Bonchev–Trinajstić information content (AvgIpc) is 3.24. The molecule has 1 aromatic heterocycles. The number of methoxy groups -OCH3 is 1. The van der Waals surface area contributed by atoms with Crippen LogP contribution in [0.5, 0.6) is 0 Å². The van der Waals surface area contributed by atoms with E-state index in [9.17, 15) is 9.59 Å². The number of rotatable bonds is 7. The summed E-state index contributed by atoms with van der Waals surface area (Å²) in [4.78, 5) is 30.8. The third-order valence-corrected chi connectivity index (χ3v) is 9.28. The number of carbonyl (C=O) groups excluding carboxylic acids is 2. The summed E-state index contributed by atoms with van der Waals surface area (Å²) in [6.07, 6.45) is 8.00. The summed E-state index contributed by atoms with van der Waals surface area (Å²) in [6, 6.07) is 16.9. The van der Waals surface area contributed by atoms with Crippen LogP contribution < -0.4 is 16.0 Å². The Morgan fingerprint density at radius 2 is 1.67 bits per heavy atom. The number of hydrogen-bond acceptors (Lipinski definition) is 6. The van der Waals surface area contributed by atoms with Gasteiger partial charge in [-0.3, -0.25) is 9.48 Å². The van der Waals surface area contributed by atoms with E-state index in [2.05, 4.69) is 72.5 Å². The molecule has 45 heavy (non-hydrogen) atoms. The highest BCUT2D eigenvalue weighted by molar-refractivity contribution is 6.05. The number of hydrogen-bond donors (Lipinski definition) is 2. The van der Waals surface area contributed by atoms with Crippen molar-refractivity contribution in [1.82, 2.24) is 14.7 Å². The summed E-state index contributed by atoms with van der Waals surface area (Å²) in [5, 5.41) is 7.88. The number of amides is 2. The predicted octanol–water partition coefficient (Wildman–Crippen LogP) is 6.86. The van der Waals surface area contributed by atoms with Crippen LogP contribution in [0, 0.1) is 0 Å². The Balaban J connectivity index is 1.45. The number of ether oxygens (including phenoxy) is 1. The molecule has 0 atom stereocenters. The molecule has 0 bridgehead atoms. The number of anilines is 2. The molecule has 2 aromatic carbocycles. The van der Waals surface area contributed by atoms with Crippen molar-refractivity contribution in [3.8, 4) is 11.1 Å². The second-order valence-corrected chi connectivity index (χ2v) is 13.7. The van der Waals surface area contributed by atoms with E-state index in [0.717, 1.165) is 85.4 Å². The Labute approximate surface area is 268 Å². The van der Waals surface area contributed by atoms with Gasteiger partial charge < -0.3 is 25.6 Å². The Morgan fingerprint density at radius 1 is 0.978 bits per heavy atom. The van der Waals surface area contributed by atoms with Crippen molar-refractivity contribution in [2.75, 3.05) is 30.4 Å². The van der Waals surface area contributed by atoms with Gasteiger partial charge in [-0.25, -0.2) is 4.79 Å². The lowest BCUT2D eigenvalue weighted by Gasteiger charge is -2.35. The lowest BCUT2D eigenvalue weighted by molar-refractivity contribution is 0.0879. The number of nitrogens with zero attached hydrogens (tertiary/aromatic N) is 4. The van der Waals surface area contributed by atoms with Gasteiger partial charge in [0.1, 0.15) is 5.69 Å². The number of aromatic nitrogens is 2. The zero-order valence-corrected chi connectivity index (χ0v) is 27.6. The molecule has 9 heteroatoms. The summed E-state index contributed by atoms with van der Waals surface area (Å²) in [6.45, 7) is 8.69. The lowest BCUT2D eigenvalue weighted by Crippen LogP contribution is -2.43. The quantitative estimate of drug-likeness (QED) is 0.301. The zero-order valence-electron chi connectivity index (χ0n) is 27.6. The lowest BCUT2D eigenvalue weighted by atomic mass is 9.90. The highest BCUT2D eigenvalue weighted by Gasteiger charge is 2.29. The fraction of sp³-hybridized carbons (Fsp3) is 0.528. The van der Waals surface area contributed by atoms with Crippen LogP contribution in [0.3, 0.4) is 0 Å². The summed E-state index contributed by atoms with van der Waals surface area (Å²) < 4.78 is 6.85. The number of benzene rings is 2. The third kappa shape index (κ3) is 7.87. The topological polar surface area (TPSA) is 106 Å². The Kier molecular flexibility index (Phi) is 10.2. The van der Waals surface area contributed by atoms with E-state index in [1.807, 2.05) is 24.1 Å². The van der Waals surface area contributed by atoms with E-state index >= 15 is 0 Å². The first-order chi connectivity index (χ1) is 21.5. The summed E-state index contributed by atoms with van der Waals surface area (Å²) >= 11 is 0. The van der Waals surface area contributed by atoms with E-state index in [-0.39, 0.29) is 29.5 Å². The summed E-state index contributed by atoms with van der Waals surface area (Å²) in [7, 11) is 3.26. The van der Waals surface area contributed by atoms with Crippen LogP contribution in [0.2, 0.25) is 0 Å². The van der Waals surface area contributed by atoms with Crippen molar-refractivity contribution in [2.24, 2.45) is 12.8 Å². The molecule has 2 aliphatic rings. The molecular formula is C36H50N6O3. The van der Waals surface area contributed by atoms with Crippen LogP contribution in [0.1, 0.15) is 93.9 Å². The van der Waals surface area contributed by atoms with Crippen LogP contribution in [0.25, 0.3) is 11.1 Å². The average molecular weight is 615 g/mol. The van der Waals surface area contributed by atoms with Gasteiger partial charge in [0.2, 0.25) is 0 Å². The first-order valence-electron chi connectivity index (χ1n) is 16.5. The largest absolute Gasteiger partial charge is 0.453 e. The molecule has 1 saturated carbocycles. The van der Waals surface area contributed by atoms with Gasteiger partial charge in [-0.15, -0.1) is 0 Å². The number of nitrogens with one attached hydrogen (secondary N) is 1. The molecule has 1 aliphatic carbocycles. The van der Waals surface area contributed by atoms with E-state index in [0.29, 0.717) is 12.2 Å². The van der Waals surface area contributed by atoms with E-state index < -0.39 is 0 Å². The van der Waals surface area contributed by atoms with Gasteiger partial charge in [0.15, 0.2) is 0 Å². The first kappa shape index (κ1) is 32.5. The molecule has 2 heterocycles. The molecule has 0 unspecified atom stereocenters. The molecule has 0 radical (unpaired) electrons. The van der Waals surface area contributed by atoms with Crippen molar-refractivity contribution >= 4 is 23.4 Å². The second kappa shape index (κ2) is 14.1. The van der Waals surface area contributed by atoms with Crippen molar-refractivity contribution in [3.63, 3.8) is 0 Å². The number of nitrogens with two attached hydrogens (primary N) is 1. The minimum absolute atomic E-state index is 0.112. The maximum absolute atomic E-state index is 13.7. The van der Waals surface area contributed by atoms with Crippen LogP contribution in [0.15, 0.2) is 48.5 Å². The van der Waals surface area contributed by atoms with Crippen molar-refractivity contribution < 1.29 is 14.3 Å². The summed E-state index contributed by atoms with van der Waals surface area (Å²) in [5.41, 5.74) is 12.3. The molecular weight excluding hydrogens is 564 g/mol. The second-order valence-electron chi connectivity index (χ2n) is 13.7. The van der Waals surface area contributed by atoms with Crippen molar-refractivity contribution in [2.45, 2.75) is 96.2 Å². The van der Waals surface area contributed by atoms with Crippen LogP contribution in [-0.2, 0) is 23.7 Å². The third-order valence-electron chi connectivity index (χ3n) is 9.28. The van der Waals surface area contributed by atoms with E-state index in [4.69, 9.17) is 10.5 Å². The summed E-state index contributed by atoms with van der Waals surface area (Å²) in [5.74, 6) is -0.177. The van der Waals surface area contributed by atoms with Crippen LogP contribution in [0.4, 0.5) is 16.2 Å². The molecule has 5 rings (SSSR count). The van der Waals surface area contributed by atoms with E-state index in [1.165, 1.54) is 20.0 Å². The number of carbonyl (C=O) groups is 2. The van der Waals surface area contributed by atoms with Gasteiger partial charge in [0.25, 0.3) is 5.91 Å². The van der Waals surface area contributed by atoms with Gasteiger partial charge in [-0.05, 0) is 79.5 Å². The molecule has 3 N–H and O–H groups in total.